The Bertz CT molecular complexity index is 775. The number of amides is 1. The van der Waals surface area contributed by atoms with Crippen LogP contribution in [0.15, 0.2) is 29.2 Å². The van der Waals surface area contributed by atoms with Crippen molar-refractivity contribution in [1.29, 1.82) is 0 Å². The Labute approximate surface area is 180 Å². The van der Waals surface area contributed by atoms with Crippen LogP contribution >= 0.6 is 23.2 Å². The maximum absolute atomic E-state index is 13.7. The molecule has 164 valence electrons. The molecule has 0 heterocycles. The number of carbonyl (C=O) groups excluding carboxylic acids is 2. The van der Waals surface area contributed by atoms with Crippen LogP contribution in [0.1, 0.15) is 30.9 Å². The van der Waals surface area contributed by atoms with Crippen molar-refractivity contribution >= 4 is 44.9 Å². The molecule has 2 atom stereocenters. The molecule has 1 rings (SSSR count). The van der Waals surface area contributed by atoms with Crippen molar-refractivity contribution in [3.05, 3.63) is 29.8 Å². The fourth-order valence-electron chi connectivity index (χ4n) is 2.50. The summed E-state index contributed by atoms with van der Waals surface area (Å²) in [6, 6.07) is 4.21. The van der Waals surface area contributed by atoms with Crippen molar-refractivity contribution in [2.75, 3.05) is 26.5 Å². The van der Waals surface area contributed by atoms with Gasteiger partial charge >= 0.3 is 5.97 Å². The van der Waals surface area contributed by atoms with Gasteiger partial charge in [0.05, 0.1) is 10.9 Å². The maximum atomic E-state index is 13.7. The Hall–Kier alpha value is -1.42. The second-order valence-electron chi connectivity index (χ2n) is 6.38. The first-order chi connectivity index (χ1) is 13.6. The number of nitrogens with one attached hydrogen (secondary N) is 2. The molecule has 1 aromatic rings. The molecule has 0 saturated carbocycles. The van der Waals surface area contributed by atoms with Gasteiger partial charge in [-0.1, -0.05) is 35.3 Å². The topological polar surface area (TPSA) is 102 Å². The Morgan fingerprint density at radius 1 is 1.17 bits per heavy atom. The van der Waals surface area contributed by atoms with E-state index in [2.05, 4.69) is 10.6 Å². The van der Waals surface area contributed by atoms with Gasteiger partial charge in [0.15, 0.2) is 14.7 Å². The molecule has 0 bridgehead atoms. The molecule has 0 spiro atoms. The normalized spacial score (nSPS) is 13.7. The Morgan fingerprint density at radius 2 is 1.79 bits per heavy atom. The minimum absolute atomic E-state index is 0.0563. The molecule has 0 saturated heterocycles. The minimum Gasteiger partial charge on any atom is -0.455 e. The third-order valence-electron chi connectivity index (χ3n) is 4.01. The number of benzene rings is 1. The number of alkyl halides is 3. The average molecular weight is 471 g/mol. The molecule has 0 aliphatic heterocycles. The van der Waals surface area contributed by atoms with Gasteiger partial charge in [0.2, 0.25) is 0 Å². The molecule has 1 amide bonds. The lowest BCUT2D eigenvalue weighted by atomic mass is 10.0. The first-order valence-corrected chi connectivity index (χ1v) is 11.6. The summed E-state index contributed by atoms with van der Waals surface area (Å²) < 4.78 is 42.4. The van der Waals surface area contributed by atoms with Crippen LogP contribution in [0.5, 0.6) is 0 Å². The van der Waals surface area contributed by atoms with Crippen molar-refractivity contribution in [2.45, 2.75) is 41.1 Å². The predicted molar refractivity (Wildman–Crippen MR) is 110 cm³/mol. The number of unbranched alkanes of at least 4 members (excludes halogenated alkanes) is 1. The van der Waals surface area contributed by atoms with Gasteiger partial charge in [-0.25, -0.2) is 12.8 Å². The van der Waals surface area contributed by atoms with Crippen LogP contribution in [0, 0.1) is 0 Å². The van der Waals surface area contributed by atoms with Crippen molar-refractivity contribution in [1.82, 2.24) is 10.6 Å². The molecule has 0 aliphatic carbocycles. The summed E-state index contributed by atoms with van der Waals surface area (Å²) >= 11 is 11.0. The van der Waals surface area contributed by atoms with E-state index in [0.29, 0.717) is 12.0 Å². The zero-order valence-electron chi connectivity index (χ0n) is 16.2. The Kier molecular flexibility index (Phi) is 10.9. The first-order valence-electron chi connectivity index (χ1n) is 8.88. The van der Waals surface area contributed by atoms with E-state index < -0.39 is 45.4 Å². The van der Waals surface area contributed by atoms with Gasteiger partial charge in [-0.15, -0.1) is 0 Å². The summed E-state index contributed by atoms with van der Waals surface area (Å²) in [4.78, 5) is 22.7. The SMILES string of the molecule is CNCCCCC(=O)O[C@H](c1ccc(S(C)(=O)=O)cc1)[C@@H](CF)NC(=O)C(Cl)Cl. The number of esters is 1. The van der Waals surface area contributed by atoms with Crippen LogP contribution < -0.4 is 10.6 Å². The Morgan fingerprint density at radius 3 is 2.28 bits per heavy atom. The first kappa shape index (κ1) is 25.6. The molecule has 2 N–H and O–H groups in total. The van der Waals surface area contributed by atoms with Crippen molar-refractivity contribution in [3.8, 4) is 0 Å². The van der Waals surface area contributed by atoms with E-state index in [0.717, 1.165) is 19.2 Å². The van der Waals surface area contributed by atoms with Gasteiger partial charge in [-0.2, -0.15) is 0 Å². The summed E-state index contributed by atoms with van der Waals surface area (Å²) in [6.07, 6.45) is 1.30. The molecule has 11 heteroatoms. The number of hydrogen-bond donors (Lipinski definition) is 2. The zero-order valence-corrected chi connectivity index (χ0v) is 18.5. The molecule has 1 aromatic carbocycles. The van der Waals surface area contributed by atoms with Gasteiger partial charge in [0.1, 0.15) is 12.8 Å². The largest absolute Gasteiger partial charge is 0.455 e. The summed E-state index contributed by atoms with van der Waals surface area (Å²) in [7, 11) is -1.64. The monoisotopic (exact) mass is 470 g/mol. The molecular formula is C18H25Cl2FN2O5S. The highest BCUT2D eigenvalue weighted by molar-refractivity contribution is 7.90. The van der Waals surface area contributed by atoms with Crippen LogP contribution in [0.3, 0.4) is 0 Å². The molecule has 0 radical (unpaired) electrons. The number of halogens is 3. The van der Waals surface area contributed by atoms with Gasteiger partial charge in [0, 0.05) is 12.7 Å². The van der Waals surface area contributed by atoms with E-state index in [1.54, 1.807) is 7.05 Å². The molecule has 0 aliphatic rings. The molecular weight excluding hydrogens is 446 g/mol. The van der Waals surface area contributed by atoms with Crippen LogP contribution in [0.2, 0.25) is 0 Å². The smallest absolute Gasteiger partial charge is 0.306 e. The lowest BCUT2D eigenvalue weighted by Gasteiger charge is -2.27. The summed E-state index contributed by atoms with van der Waals surface area (Å²) in [5.41, 5.74) is 0.324. The van der Waals surface area contributed by atoms with Crippen LogP contribution in [-0.4, -0.2) is 57.7 Å². The number of ether oxygens (including phenoxy) is 1. The number of hydrogen-bond acceptors (Lipinski definition) is 6. The average Bonchev–Trinajstić information content (AvgIpc) is 2.67. The summed E-state index contributed by atoms with van der Waals surface area (Å²) in [5.74, 6) is -1.40. The van der Waals surface area contributed by atoms with E-state index >= 15 is 0 Å². The molecule has 0 fully saturated rings. The predicted octanol–water partition coefficient (Wildman–Crippen LogP) is 2.32. The standard InChI is InChI=1S/C18H25Cl2FN2O5S/c1-22-10-4-3-5-15(24)28-16(14(11-21)23-18(25)17(19)20)12-6-8-13(9-7-12)29(2,26)27/h6-9,14,16-17,22H,3-5,10-11H2,1-2H3,(H,23,25)/t14-,16-/m1/s1. The van der Waals surface area contributed by atoms with Crippen molar-refractivity contribution in [3.63, 3.8) is 0 Å². The lowest BCUT2D eigenvalue weighted by molar-refractivity contribution is -0.152. The lowest BCUT2D eigenvalue weighted by Crippen LogP contribution is -2.44. The van der Waals surface area contributed by atoms with Gasteiger partial charge in [-0.05, 0) is 44.1 Å². The highest BCUT2D eigenvalue weighted by atomic mass is 35.5. The van der Waals surface area contributed by atoms with E-state index in [-0.39, 0.29) is 11.3 Å². The minimum atomic E-state index is -3.43. The molecule has 0 unspecified atom stereocenters. The summed E-state index contributed by atoms with van der Waals surface area (Å²) in [5, 5.41) is 5.27. The number of carbonyl (C=O) groups is 2. The number of rotatable bonds is 12. The van der Waals surface area contributed by atoms with Crippen LogP contribution in [0.4, 0.5) is 4.39 Å². The van der Waals surface area contributed by atoms with Crippen molar-refractivity contribution in [2.24, 2.45) is 0 Å². The number of sulfone groups is 1. The molecule has 29 heavy (non-hydrogen) atoms. The van der Waals surface area contributed by atoms with Crippen molar-refractivity contribution < 1.29 is 27.1 Å². The van der Waals surface area contributed by atoms with Gasteiger partial charge < -0.3 is 15.4 Å². The van der Waals surface area contributed by atoms with E-state index in [1.807, 2.05) is 0 Å². The van der Waals surface area contributed by atoms with E-state index in [9.17, 15) is 22.4 Å². The fourth-order valence-corrected chi connectivity index (χ4v) is 3.26. The molecule has 0 aromatic heterocycles. The second kappa shape index (κ2) is 12.3. The summed E-state index contributed by atoms with van der Waals surface area (Å²) in [6.45, 7) is -0.322. The maximum Gasteiger partial charge on any atom is 0.306 e. The fraction of sp³-hybridized carbons (Fsp3) is 0.556. The highest BCUT2D eigenvalue weighted by Gasteiger charge is 2.30. The third-order valence-corrected chi connectivity index (χ3v) is 5.54. The third kappa shape index (κ3) is 8.86. The quantitative estimate of drug-likeness (QED) is 0.276. The zero-order chi connectivity index (χ0) is 22.0. The second-order valence-corrected chi connectivity index (χ2v) is 9.49. The van der Waals surface area contributed by atoms with Crippen LogP contribution in [0.25, 0.3) is 0 Å². The highest BCUT2D eigenvalue weighted by Crippen LogP contribution is 2.25. The van der Waals surface area contributed by atoms with Gasteiger partial charge in [-0.3, -0.25) is 9.59 Å². The van der Waals surface area contributed by atoms with Gasteiger partial charge in [0.25, 0.3) is 5.91 Å². The van der Waals surface area contributed by atoms with E-state index in [1.165, 1.54) is 24.3 Å². The van der Waals surface area contributed by atoms with E-state index in [4.69, 9.17) is 27.9 Å². The molecule has 7 nitrogen and oxygen atoms in total. The van der Waals surface area contributed by atoms with Crippen LogP contribution in [-0.2, 0) is 24.2 Å². The Balaban J connectivity index is 3.06.